The van der Waals surface area contributed by atoms with Crippen molar-refractivity contribution in [1.82, 2.24) is 10.2 Å². The van der Waals surface area contributed by atoms with Gasteiger partial charge in [-0.1, -0.05) is 101 Å². The summed E-state index contributed by atoms with van der Waals surface area (Å²) in [7, 11) is -2.05. The van der Waals surface area contributed by atoms with Crippen LogP contribution in [-0.2, 0) is 27.1 Å². The molecule has 0 radical (unpaired) electrons. The highest BCUT2D eigenvalue weighted by Crippen LogP contribution is 2.37. The van der Waals surface area contributed by atoms with E-state index in [9.17, 15) is 9.59 Å². The Labute approximate surface area is 228 Å². The maximum atomic E-state index is 13.4. The maximum absolute atomic E-state index is 13.4. The summed E-state index contributed by atoms with van der Waals surface area (Å²) in [5, 5.41) is 3.00. The van der Waals surface area contributed by atoms with Crippen LogP contribution < -0.4 is 5.32 Å². The second kappa shape index (κ2) is 13.1. The van der Waals surface area contributed by atoms with Gasteiger partial charge < -0.3 is 19.2 Å². The van der Waals surface area contributed by atoms with Crippen molar-refractivity contribution in [2.45, 2.75) is 71.1 Å². The Hall–Kier alpha value is -3.10. The Morgan fingerprint density at radius 3 is 2.03 bits per heavy atom. The number of carbonyl (C=O) groups excluding carboxylic acids is 2. The lowest BCUT2D eigenvalue weighted by atomic mass is 10.0. The molecule has 38 heavy (non-hydrogen) atoms. The van der Waals surface area contributed by atoms with Crippen molar-refractivity contribution in [1.29, 1.82) is 0 Å². The number of nitrogens with one attached hydrogen (secondary N) is 1. The number of ether oxygens (including phenoxy) is 2. The Bertz CT molecular complexity index is 1070. The van der Waals surface area contributed by atoms with Crippen LogP contribution in [0.2, 0.25) is 18.1 Å². The van der Waals surface area contributed by atoms with Crippen molar-refractivity contribution >= 4 is 20.5 Å². The van der Waals surface area contributed by atoms with E-state index in [-0.39, 0.29) is 42.8 Å². The molecule has 2 amide bonds. The lowest BCUT2D eigenvalue weighted by Crippen LogP contribution is -2.52. The van der Waals surface area contributed by atoms with Gasteiger partial charge in [-0.2, -0.15) is 0 Å². The fourth-order valence-corrected chi connectivity index (χ4v) is 4.84. The van der Waals surface area contributed by atoms with Gasteiger partial charge in [0.05, 0.1) is 18.7 Å². The topological polar surface area (TPSA) is 77.1 Å². The Morgan fingerprint density at radius 1 is 0.921 bits per heavy atom. The SMILES string of the molecule is C[C@@H]1C=C[C@H](CO[Si](C)(C)C(C)(C)C)N(C(=O)OCc2ccccc2)C[C@H]1NC(=O)OCc1ccccc1. The summed E-state index contributed by atoms with van der Waals surface area (Å²) < 4.78 is 17.7. The molecule has 1 heterocycles. The quantitative estimate of drug-likeness (QED) is 0.306. The molecule has 1 N–H and O–H groups in total. The molecule has 2 aromatic carbocycles. The average Bonchev–Trinajstić information content (AvgIpc) is 3.04. The lowest BCUT2D eigenvalue weighted by molar-refractivity contribution is 0.0702. The molecule has 0 bridgehead atoms. The van der Waals surface area contributed by atoms with Crippen molar-refractivity contribution in [2.75, 3.05) is 13.2 Å². The van der Waals surface area contributed by atoms with Crippen LogP contribution in [0.3, 0.4) is 0 Å². The monoisotopic (exact) mass is 538 g/mol. The molecule has 2 aromatic rings. The van der Waals surface area contributed by atoms with E-state index in [0.29, 0.717) is 6.61 Å². The van der Waals surface area contributed by atoms with Crippen LogP contribution in [0.4, 0.5) is 9.59 Å². The second-order valence-electron chi connectivity index (χ2n) is 11.4. The van der Waals surface area contributed by atoms with Gasteiger partial charge in [0.1, 0.15) is 13.2 Å². The van der Waals surface area contributed by atoms with Crippen molar-refractivity contribution in [3.05, 3.63) is 83.9 Å². The van der Waals surface area contributed by atoms with Crippen molar-refractivity contribution < 1.29 is 23.5 Å². The zero-order valence-electron chi connectivity index (χ0n) is 23.5. The summed E-state index contributed by atoms with van der Waals surface area (Å²) in [5.41, 5.74) is 1.82. The van der Waals surface area contributed by atoms with Gasteiger partial charge in [-0.15, -0.1) is 0 Å². The fourth-order valence-electron chi connectivity index (χ4n) is 3.82. The Kier molecular flexibility index (Phi) is 10.2. The number of nitrogens with zero attached hydrogens (tertiary/aromatic N) is 1. The first kappa shape index (κ1) is 29.5. The summed E-state index contributed by atoms with van der Waals surface area (Å²) >= 11 is 0. The standard InChI is InChI=1S/C30H42N2O5Si/c1-23-17-18-26(22-37-38(5,6)30(2,3)4)32(29(34)36-21-25-15-11-8-12-16-25)19-27(23)31-28(33)35-20-24-13-9-7-10-14-24/h7-18,23,26-27H,19-22H2,1-6H3,(H,31,33)/t23-,26-,27-/m1/s1. The maximum Gasteiger partial charge on any atom is 0.410 e. The number of alkyl carbamates (subject to hydrolysis) is 1. The first-order valence-corrected chi connectivity index (χ1v) is 16.1. The van der Waals surface area contributed by atoms with Gasteiger partial charge in [-0.05, 0) is 35.2 Å². The number of carbonyl (C=O) groups is 2. The third-order valence-corrected chi connectivity index (χ3v) is 11.9. The number of benzene rings is 2. The zero-order valence-corrected chi connectivity index (χ0v) is 24.5. The van der Waals surface area contributed by atoms with Gasteiger partial charge in [0.25, 0.3) is 0 Å². The molecule has 0 aliphatic carbocycles. The van der Waals surface area contributed by atoms with E-state index in [2.05, 4.69) is 39.2 Å². The molecular formula is C30H42N2O5Si. The summed E-state index contributed by atoms with van der Waals surface area (Å²) in [4.78, 5) is 27.7. The molecule has 0 spiro atoms. The zero-order chi connectivity index (χ0) is 27.8. The first-order valence-electron chi connectivity index (χ1n) is 13.2. The molecule has 1 aliphatic rings. The summed E-state index contributed by atoms with van der Waals surface area (Å²) in [6, 6.07) is 18.5. The molecular weight excluding hydrogens is 496 g/mol. The van der Waals surface area contributed by atoms with Gasteiger partial charge in [-0.3, -0.25) is 4.90 Å². The molecule has 3 rings (SSSR count). The molecule has 206 valence electrons. The third-order valence-electron chi connectivity index (χ3n) is 7.44. The smallest absolute Gasteiger partial charge is 0.410 e. The summed E-state index contributed by atoms with van der Waals surface area (Å²) in [6.45, 7) is 14.0. The van der Waals surface area contributed by atoms with Crippen LogP contribution in [0, 0.1) is 5.92 Å². The predicted octanol–water partition coefficient (Wildman–Crippen LogP) is 6.52. The lowest BCUT2D eigenvalue weighted by Gasteiger charge is -2.38. The van der Waals surface area contributed by atoms with Crippen LogP contribution in [0.1, 0.15) is 38.8 Å². The first-order chi connectivity index (χ1) is 18.0. The van der Waals surface area contributed by atoms with E-state index < -0.39 is 20.5 Å². The van der Waals surface area contributed by atoms with Gasteiger partial charge in [0.2, 0.25) is 0 Å². The summed E-state index contributed by atoms with van der Waals surface area (Å²) in [6.07, 6.45) is 3.07. The number of amides is 2. The van der Waals surface area contributed by atoms with E-state index in [4.69, 9.17) is 13.9 Å². The highest BCUT2D eigenvalue weighted by atomic mass is 28.4. The minimum atomic E-state index is -2.05. The molecule has 1 aliphatic heterocycles. The van der Waals surface area contributed by atoms with E-state index >= 15 is 0 Å². The van der Waals surface area contributed by atoms with Crippen LogP contribution in [0.15, 0.2) is 72.8 Å². The normalized spacial score (nSPS) is 19.9. The van der Waals surface area contributed by atoms with Gasteiger partial charge in [0.15, 0.2) is 8.32 Å². The van der Waals surface area contributed by atoms with Crippen molar-refractivity contribution in [2.24, 2.45) is 5.92 Å². The number of rotatable bonds is 8. The molecule has 0 unspecified atom stereocenters. The largest absolute Gasteiger partial charge is 0.445 e. The van der Waals surface area contributed by atoms with Gasteiger partial charge >= 0.3 is 12.2 Å². The molecule has 0 aromatic heterocycles. The average molecular weight is 539 g/mol. The van der Waals surface area contributed by atoms with Crippen molar-refractivity contribution in [3.8, 4) is 0 Å². The van der Waals surface area contributed by atoms with Crippen molar-refractivity contribution in [3.63, 3.8) is 0 Å². The molecule has 0 saturated carbocycles. The fraction of sp³-hybridized carbons (Fsp3) is 0.467. The predicted molar refractivity (Wildman–Crippen MR) is 152 cm³/mol. The minimum Gasteiger partial charge on any atom is -0.445 e. The number of hydrogen-bond acceptors (Lipinski definition) is 5. The van der Waals surface area contributed by atoms with Gasteiger partial charge in [0, 0.05) is 6.54 Å². The van der Waals surface area contributed by atoms with Gasteiger partial charge in [-0.25, -0.2) is 9.59 Å². The van der Waals surface area contributed by atoms with Crippen LogP contribution in [0.5, 0.6) is 0 Å². The summed E-state index contributed by atoms with van der Waals surface area (Å²) in [5.74, 6) is -0.0263. The van der Waals surface area contributed by atoms with Crippen LogP contribution >= 0.6 is 0 Å². The molecule has 0 saturated heterocycles. The molecule has 0 fully saturated rings. The van der Waals surface area contributed by atoms with E-state index in [1.165, 1.54) is 0 Å². The highest BCUT2D eigenvalue weighted by Gasteiger charge is 2.39. The van der Waals surface area contributed by atoms with E-state index in [1.54, 1.807) is 4.90 Å². The molecule has 3 atom stereocenters. The Morgan fingerprint density at radius 2 is 1.47 bits per heavy atom. The van der Waals surface area contributed by atoms with Crippen LogP contribution in [-0.4, -0.2) is 50.6 Å². The second-order valence-corrected chi connectivity index (χ2v) is 16.2. The minimum absolute atomic E-state index is 0.0263. The third kappa shape index (κ3) is 8.46. The van der Waals surface area contributed by atoms with Crippen LogP contribution in [0.25, 0.3) is 0 Å². The van der Waals surface area contributed by atoms with E-state index in [1.807, 2.05) is 79.7 Å². The Balaban J connectivity index is 1.72. The molecule has 7 nitrogen and oxygen atoms in total. The molecule has 8 heteroatoms. The number of hydrogen-bond donors (Lipinski definition) is 1. The highest BCUT2D eigenvalue weighted by molar-refractivity contribution is 6.74. The van der Waals surface area contributed by atoms with E-state index in [0.717, 1.165) is 11.1 Å².